The molecule has 11 aromatic rings. The summed E-state index contributed by atoms with van der Waals surface area (Å²) in [6.45, 7) is 9.77. The fraction of sp³-hybridized carbons (Fsp3) is 0.148. The van der Waals surface area contributed by atoms with Gasteiger partial charge in [0.15, 0.2) is 0 Å². The lowest BCUT2D eigenvalue weighted by atomic mass is 9.63. The van der Waals surface area contributed by atoms with Crippen molar-refractivity contribution in [3.63, 3.8) is 0 Å². The third-order valence-corrected chi connectivity index (χ3v) is 15.2. The van der Waals surface area contributed by atoms with Gasteiger partial charge in [0.05, 0.1) is 27.5 Å². The Kier molecular flexibility index (Phi) is 7.49. The molecule has 0 bridgehead atoms. The van der Waals surface area contributed by atoms with Gasteiger partial charge in [0.1, 0.15) is 0 Å². The summed E-state index contributed by atoms with van der Waals surface area (Å²) < 4.78 is 5.11. The smallest absolute Gasteiger partial charge is 0.0714 e. The topological polar surface area (TPSA) is 9.86 Å². The fourth-order valence-electron chi connectivity index (χ4n) is 12.1. The molecule has 0 N–H and O–H groups in total. The molecule has 9 aromatic carbocycles. The Morgan fingerprint density at radius 1 is 0.349 bits per heavy atom. The molecule has 13 rings (SSSR count). The summed E-state index contributed by atoms with van der Waals surface area (Å²) in [7, 11) is 0. The van der Waals surface area contributed by atoms with E-state index in [1.807, 2.05) is 0 Å². The summed E-state index contributed by atoms with van der Waals surface area (Å²) in [6.07, 6.45) is 2.36. The first kappa shape index (κ1) is 36.5. The Balaban J connectivity index is 1.18. The van der Waals surface area contributed by atoms with Crippen LogP contribution in [0.5, 0.6) is 0 Å². The van der Waals surface area contributed by atoms with Crippen LogP contribution in [0.3, 0.4) is 0 Å². The Hall–Kier alpha value is -7.16. The van der Waals surface area contributed by atoms with E-state index < -0.39 is 5.41 Å². The van der Waals surface area contributed by atoms with Crippen LogP contribution < -0.4 is 0 Å². The highest BCUT2D eigenvalue weighted by molar-refractivity contribution is 6.25. The van der Waals surface area contributed by atoms with E-state index in [0.717, 1.165) is 0 Å². The van der Waals surface area contributed by atoms with E-state index in [4.69, 9.17) is 0 Å². The third kappa shape index (κ3) is 4.95. The van der Waals surface area contributed by atoms with Gasteiger partial charge in [-0.05, 0) is 134 Å². The molecule has 0 radical (unpaired) electrons. The maximum atomic E-state index is 2.57. The van der Waals surface area contributed by atoms with Gasteiger partial charge in [-0.1, -0.05) is 167 Å². The number of hydrogen-bond donors (Lipinski definition) is 0. The van der Waals surface area contributed by atoms with Crippen LogP contribution in [0.2, 0.25) is 0 Å². The number of rotatable bonds is 4. The van der Waals surface area contributed by atoms with Gasteiger partial charge in [-0.2, -0.15) is 0 Å². The van der Waals surface area contributed by atoms with Gasteiger partial charge in [-0.25, -0.2) is 0 Å². The lowest BCUT2D eigenvalue weighted by molar-refractivity contribution is 0.332. The highest BCUT2D eigenvalue weighted by Gasteiger charge is 2.46. The van der Waals surface area contributed by atoms with Crippen molar-refractivity contribution < 1.29 is 0 Å². The first-order valence-electron chi connectivity index (χ1n) is 22.6. The SMILES string of the molecule is CC1(C)CCC(C)(C)c2cc3c(cc21)c1cc2c(cc1n3-c1ccccc1)c1c3ccccc3ccc1n2-c1ccc2c(c1)C(c1ccccc1)(c1ccccc1)c1ccccc1-2. The zero-order chi connectivity index (χ0) is 42.2. The average molecular weight is 809 g/mol. The number of nitrogens with zero attached hydrogens (tertiary/aromatic N) is 2. The van der Waals surface area contributed by atoms with E-state index in [2.05, 4.69) is 231 Å². The van der Waals surface area contributed by atoms with E-state index >= 15 is 0 Å². The predicted molar refractivity (Wildman–Crippen MR) is 265 cm³/mol. The van der Waals surface area contributed by atoms with Crippen molar-refractivity contribution >= 4 is 54.4 Å². The molecule has 2 aliphatic rings. The summed E-state index contributed by atoms with van der Waals surface area (Å²) >= 11 is 0. The van der Waals surface area contributed by atoms with Gasteiger partial charge in [0.2, 0.25) is 0 Å². The molecule has 2 aliphatic carbocycles. The normalized spacial score (nSPS) is 15.9. The second-order valence-electron chi connectivity index (χ2n) is 19.5. The molecule has 0 saturated carbocycles. The van der Waals surface area contributed by atoms with Crippen LogP contribution in [0.25, 0.3) is 76.9 Å². The standard InChI is InChI=1S/C61H48N2/c1-59(2)32-33-60(3,4)53-38-57-47(35-52(53)59)48-36-56-49(37-55(48)62(57)42-23-12-7-13-24-42)58-44-25-15-14-18-39(44)28-31-54(58)63(56)43-29-30-46-45-26-16-17-27-50(45)61(51(46)34-43,40-19-8-5-9-20-40)41-21-10-6-11-22-41/h5-31,34-38H,32-33H2,1-4H3. The minimum absolute atomic E-state index is 0.0874. The molecular weight excluding hydrogens is 761 g/mol. The van der Waals surface area contributed by atoms with Crippen LogP contribution in [0.15, 0.2) is 194 Å². The molecule has 2 heteroatoms. The zero-order valence-electron chi connectivity index (χ0n) is 36.3. The van der Waals surface area contributed by atoms with Crippen molar-refractivity contribution in [2.75, 3.05) is 0 Å². The molecule has 2 heterocycles. The van der Waals surface area contributed by atoms with Crippen molar-refractivity contribution in [2.24, 2.45) is 0 Å². The second kappa shape index (κ2) is 12.9. The van der Waals surface area contributed by atoms with E-state index in [-0.39, 0.29) is 10.8 Å². The van der Waals surface area contributed by atoms with Crippen LogP contribution in [-0.2, 0) is 16.2 Å². The van der Waals surface area contributed by atoms with E-state index in [1.165, 1.54) is 123 Å². The highest BCUT2D eigenvalue weighted by Crippen LogP contribution is 2.57. The fourth-order valence-corrected chi connectivity index (χ4v) is 12.1. The zero-order valence-corrected chi connectivity index (χ0v) is 36.3. The van der Waals surface area contributed by atoms with E-state index in [1.54, 1.807) is 0 Å². The van der Waals surface area contributed by atoms with Gasteiger partial charge in [-0.15, -0.1) is 0 Å². The quantitative estimate of drug-likeness (QED) is 0.168. The van der Waals surface area contributed by atoms with Gasteiger partial charge < -0.3 is 9.13 Å². The first-order chi connectivity index (χ1) is 30.7. The Morgan fingerprint density at radius 3 is 1.62 bits per heavy atom. The minimum atomic E-state index is -0.494. The number of aromatic nitrogens is 2. The molecule has 0 atom stereocenters. The molecule has 0 aliphatic heterocycles. The largest absolute Gasteiger partial charge is 0.309 e. The van der Waals surface area contributed by atoms with Gasteiger partial charge in [0, 0.05) is 32.9 Å². The molecule has 0 amide bonds. The van der Waals surface area contributed by atoms with Gasteiger partial charge >= 0.3 is 0 Å². The van der Waals surface area contributed by atoms with Crippen molar-refractivity contribution in [3.8, 4) is 22.5 Å². The summed E-state index contributed by atoms with van der Waals surface area (Å²) in [4.78, 5) is 0. The summed E-state index contributed by atoms with van der Waals surface area (Å²) in [6, 6.07) is 73.4. The summed E-state index contributed by atoms with van der Waals surface area (Å²) in [5.74, 6) is 0. The molecule has 302 valence electrons. The summed E-state index contributed by atoms with van der Waals surface area (Å²) in [5.41, 5.74) is 17.7. The van der Waals surface area contributed by atoms with Gasteiger partial charge in [0.25, 0.3) is 0 Å². The molecular formula is C61H48N2. The molecule has 0 unspecified atom stereocenters. The maximum absolute atomic E-state index is 2.57. The van der Waals surface area contributed by atoms with Crippen LogP contribution in [0.4, 0.5) is 0 Å². The molecule has 2 aromatic heterocycles. The minimum Gasteiger partial charge on any atom is -0.309 e. The lowest BCUT2D eigenvalue weighted by Gasteiger charge is -2.42. The summed E-state index contributed by atoms with van der Waals surface area (Å²) in [5, 5.41) is 7.68. The van der Waals surface area contributed by atoms with Crippen LogP contribution >= 0.6 is 0 Å². The first-order valence-corrected chi connectivity index (χ1v) is 22.6. The molecule has 2 nitrogen and oxygen atoms in total. The third-order valence-electron chi connectivity index (χ3n) is 15.2. The van der Waals surface area contributed by atoms with Crippen molar-refractivity contribution in [3.05, 3.63) is 228 Å². The second-order valence-corrected chi connectivity index (χ2v) is 19.5. The monoisotopic (exact) mass is 808 g/mol. The van der Waals surface area contributed by atoms with Crippen LogP contribution in [0, 0.1) is 0 Å². The van der Waals surface area contributed by atoms with Crippen LogP contribution in [-0.4, -0.2) is 9.13 Å². The predicted octanol–water partition coefficient (Wildman–Crippen LogP) is 15.7. The van der Waals surface area contributed by atoms with Crippen molar-refractivity contribution in [1.82, 2.24) is 9.13 Å². The number of benzene rings is 9. The Bertz CT molecular complexity index is 3620. The molecule has 0 saturated heterocycles. The number of fused-ring (bicyclic) bond motifs is 12. The van der Waals surface area contributed by atoms with Crippen LogP contribution in [0.1, 0.15) is 73.9 Å². The lowest BCUT2D eigenvalue weighted by Crippen LogP contribution is -2.33. The van der Waals surface area contributed by atoms with E-state index in [9.17, 15) is 0 Å². The number of para-hydroxylation sites is 1. The van der Waals surface area contributed by atoms with Crippen molar-refractivity contribution in [2.45, 2.75) is 56.8 Å². The maximum Gasteiger partial charge on any atom is 0.0714 e. The number of hydrogen-bond acceptors (Lipinski definition) is 0. The Morgan fingerprint density at radius 2 is 0.889 bits per heavy atom. The highest BCUT2D eigenvalue weighted by atomic mass is 15.0. The van der Waals surface area contributed by atoms with Crippen molar-refractivity contribution in [1.29, 1.82) is 0 Å². The molecule has 0 spiro atoms. The van der Waals surface area contributed by atoms with E-state index in [0.29, 0.717) is 0 Å². The molecule has 0 fully saturated rings. The Labute approximate surface area is 368 Å². The van der Waals surface area contributed by atoms with Gasteiger partial charge in [-0.3, -0.25) is 0 Å². The molecule has 63 heavy (non-hydrogen) atoms. The average Bonchev–Trinajstić information content (AvgIpc) is 3.93.